The Kier molecular flexibility index (Phi) is 4.42. The van der Waals surface area contributed by atoms with Crippen molar-refractivity contribution < 1.29 is 8.78 Å². The fourth-order valence-corrected chi connectivity index (χ4v) is 4.11. The molecule has 0 N–H and O–H groups in total. The molecule has 1 aromatic rings. The molecule has 114 valence electrons. The molecule has 1 fully saturated rings. The highest BCUT2D eigenvalue weighted by atomic mass is 19.1. The fourth-order valence-electron chi connectivity index (χ4n) is 4.11. The molecule has 0 nitrogen and oxygen atoms in total. The summed E-state index contributed by atoms with van der Waals surface area (Å²) >= 11 is 0. The Balaban J connectivity index is 1.68. The van der Waals surface area contributed by atoms with Gasteiger partial charge in [0, 0.05) is 6.07 Å². The lowest BCUT2D eigenvalue weighted by molar-refractivity contribution is 0.283. The highest BCUT2D eigenvalue weighted by Crippen LogP contribution is 2.38. The zero-order valence-electron chi connectivity index (χ0n) is 12.8. The lowest BCUT2D eigenvalue weighted by Crippen LogP contribution is -2.19. The summed E-state index contributed by atoms with van der Waals surface area (Å²) in [6.45, 7) is 2.26. The van der Waals surface area contributed by atoms with Crippen LogP contribution in [0.1, 0.15) is 56.6 Å². The third-order valence-corrected chi connectivity index (χ3v) is 5.28. The summed E-state index contributed by atoms with van der Waals surface area (Å²) < 4.78 is 27.2. The first kappa shape index (κ1) is 14.7. The molecular weight excluding hydrogens is 266 g/mol. The van der Waals surface area contributed by atoms with Crippen LogP contribution in [0.5, 0.6) is 0 Å². The van der Waals surface area contributed by atoms with E-state index in [1.807, 2.05) is 0 Å². The first-order valence-electron chi connectivity index (χ1n) is 8.33. The molecule has 0 heterocycles. The van der Waals surface area contributed by atoms with Gasteiger partial charge >= 0.3 is 0 Å². The van der Waals surface area contributed by atoms with Crippen LogP contribution in [0.15, 0.2) is 23.8 Å². The van der Waals surface area contributed by atoms with E-state index in [-0.39, 0.29) is 5.82 Å². The molecule has 0 saturated heterocycles. The van der Waals surface area contributed by atoms with Crippen molar-refractivity contribution in [2.75, 3.05) is 0 Å². The molecule has 0 bridgehead atoms. The van der Waals surface area contributed by atoms with Crippen LogP contribution in [0.25, 0.3) is 0 Å². The topological polar surface area (TPSA) is 0 Å². The zero-order chi connectivity index (χ0) is 14.8. The maximum Gasteiger partial charge on any atom is 0.129 e. The molecule has 2 aliphatic rings. The normalized spacial score (nSPS) is 25.4. The van der Waals surface area contributed by atoms with Crippen LogP contribution in [-0.4, -0.2) is 0 Å². The Morgan fingerprint density at radius 1 is 1.10 bits per heavy atom. The molecule has 3 rings (SSSR count). The van der Waals surface area contributed by atoms with E-state index in [2.05, 4.69) is 13.0 Å². The largest absolute Gasteiger partial charge is 0.207 e. The van der Waals surface area contributed by atoms with Crippen molar-refractivity contribution in [1.82, 2.24) is 0 Å². The van der Waals surface area contributed by atoms with E-state index in [0.717, 1.165) is 24.0 Å². The summed E-state index contributed by atoms with van der Waals surface area (Å²) in [7, 11) is 0. The molecular formula is C19H24F2. The SMILES string of the molecule is CCCC1CCC(C2=CCc3c(F)cc(F)cc3C2)CC1. The maximum absolute atomic E-state index is 13.8. The quantitative estimate of drug-likeness (QED) is 0.636. The number of allylic oxidation sites excluding steroid dienone is 2. The van der Waals surface area contributed by atoms with Crippen LogP contribution in [-0.2, 0) is 12.8 Å². The molecule has 21 heavy (non-hydrogen) atoms. The van der Waals surface area contributed by atoms with Crippen LogP contribution < -0.4 is 0 Å². The number of halogens is 2. The van der Waals surface area contributed by atoms with Crippen molar-refractivity contribution in [3.63, 3.8) is 0 Å². The summed E-state index contributed by atoms with van der Waals surface area (Å²) in [6.07, 6.45) is 11.4. The lowest BCUT2D eigenvalue weighted by Gasteiger charge is -2.32. The molecule has 0 aliphatic heterocycles. The number of rotatable bonds is 3. The molecule has 2 aliphatic carbocycles. The van der Waals surface area contributed by atoms with Gasteiger partial charge in [0.1, 0.15) is 11.6 Å². The molecule has 0 radical (unpaired) electrons. The third kappa shape index (κ3) is 3.20. The Morgan fingerprint density at radius 2 is 1.86 bits per heavy atom. The number of hydrogen-bond acceptors (Lipinski definition) is 0. The summed E-state index contributed by atoms with van der Waals surface area (Å²) in [6, 6.07) is 2.53. The maximum atomic E-state index is 13.8. The van der Waals surface area contributed by atoms with E-state index in [1.165, 1.54) is 50.2 Å². The third-order valence-electron chi connectivity index (χ3n) is 5.28. The second kappa shape index (κ2) is 6.29. The van der Waals surface area contributed by atoms with Gasteiger partial charge in [0.05, 0.1) is 0 Å². The van der Waals surface area contributed by atoms with Crippen molar-refractivity contribution in [3.05, 3.63) is 46.5 Å². The van der Waals surface area contributed by atoms with Crippen LogP contribution in [0.4, 0.5) is 8.78 Å². The summed E-state index contributed by atoms with van der Waals surface area (Å²) in [5, 5.41) is 0. The summed E-state index contributed by atoms with van der Waals surface area (Å²) in [5.41, 5.74) is 2.97. The molecule has 2 heteroatoms. The summed E-state index contributed by atoms with van der Waals surface area (Å²) in [5.74, 6) is 0.710. The van der Waals surface area contributed by atoms with Gasteiger partial charge in [0.15, 0.2) is 0 Å². The first-order chi connectivity index (χ1) is 10.2. The number of hydrogen-bond donors (Lipinski definition) is 0. The Labute approximate surface area is 126 Å². The second-order valence-electron chi connectivity index (χ2n) is 6.69. The Bertz CT molecular complexity index is 537. The van der Waals surface area contributed by atoms with E-state index < -0.39 is 5.82 Å². The van der Waals surface area contributed by atoms with Gasteiger partial charge in [-0.05, 0) is 67.6 Å². The van der Waals surface area contributed by atoms with E-state index in [4.69, 9.17) is 0 Å². The van der Waals surface area contributed by atoms with E-state index >= 15 is 0 Å². The Morgan fingerprint density at radius 3 is 2.57 bits per heavy atom. The minimum atomic E-state index is -0.445. The van der Waals surface area contributed by atoms with Crippen molar-refractivity contribution in [2.24, 2.45) is 11.8 Å². The van der Waals surface area contributed by atoms with E-state index in [1.54, 1.807) is 0 Å². The van der Waals surface area contributed by atoms with Crippen molar-refractivity contribution in [2.45, 2.75) is 58.3 Å². The molecule has 0 unspecified atom stereocenters. The number of benzene rings is 1. The van der Waals surface area contributed by atoms with Crippen LogP contribution in [0.3, 0.4) is 0 Å². The van der Waals surface area contributed by atoms with Crippen molar-refractivity contribution >= 4 is 0 Å². The van der Waals surface area contributed by atoms with E-state index in [0.29, 0.717) is 17.9 Å². The minimum Gasteiger partial charge on any atom is -0.207 e. The second-order valence-corrected chi connectivity index (χ2v) is 6.69. The smallest absolute Gasteiger partial charge is 0.129 e. The zero-order valence-corrected chi connectivity index (χ0v) is 12.8. The van der Waals surface area contributed by atoms with Gasteiger partial charge in [-0.3, -0.25) is 0 Å². The number of fused-ring (bicyclic) bond motifs is 1. The van der Waals surface area contributed by atoms with Gasteiger partial charge < -0.3 is 0 Å². The van der Waals surface area contributed by atoms with Crippen LogP contribution in [0.2, 0.25) is 0 Å². The minimum absolute atomic E-state index is 0.382. The lowest BCUT2D eigenvalue weighted by atomic mass is 9.74. The fraction of sp³-hybridized carbons (Fsp3) is 0.579. The first-order valence-corrected chi connectivity index (χ1v) is 8.33. The highest BCUT2D eigenvalue weighted by molar-refractivity contribution is 5.39. The van der Waals surface area contributed by atoms with Crippen LogP contribution >= 0.6 is 0 Å². The highest BCUT2D eigenvalue weighted by Gasteiger charge is 2.26. The van der Waals surface area contributed by atoms with Gasteiger partial charge in [-0.2, -0.15) is 0 Å². The van der Waals surface area contributed by atoms with Gasteiger partial charge in [0.2, 0.25) is 0 Å². The van der Waals surface area contributed by atoms with Gasteiger partial charge in [-0.15, -0.1) is 0 Å². The molecule has 0 amide bonds. The Hall–Kier alpha value is -1.18. The average molecular weight is 290 g/mol. The van der Waals surface area contributed by atoms with E-state index in [9.17, 15) is 8.78 Å². The monoisotopic (exact) mass is 290 g/mol. The molecule has 0 atom stereocenters. The predicted molar refractivity (Wildman–Crippen MR) is 82.2 cm³/mol. The molecule has 1 aromatic carbocycles. The molecule has 0 aromatic heterocycles. The molecule has 1 saturated carbocycles. The van der Waals surface area contributed by atoms with Gasteiger partial charge in [0.25, 0.3) is 0 Å². The van der Waals surface area contributed by atoms with Crippen molar-refractivity contribution in [3.8, 4) is 0 Å². The average Bonchev–Trinajstić information content (AvgIpc) is 2.47. The van der Waals surface area contributed by atoms with Crippen molar-refractivity contribution in [1.29, 1.82) is 0 Å². The standard InChI is InChI=1S/C19H24F2/c1-2-3-13-4-6-14(7-5-13)15-8-9-18-16(10-15)11-17(20)12-19(18)21/h8,11-14H,2-7,9-10H2,1H3. The molecule has 0 spiro atoms. The van der Waals surface area contributed by atoms with Crippen LogP contribution in [0, 0.1) is 23.5 Å². The summed E-state index contributed by atoms with van der Waals surface area (Å²) in [4.78, 5) is 0. The predicted octanol–water partition coefficient (Wildman–Crippen LogP) is 5.60. The van der Waals surface area contributed by atoms with Gasteiger partial charge in [-0.1, -0.05) is 31.4 Å². The van der Waals surface area contributed by atoms with Gasteiger partial charge in [-0.25, -0.2) is 8.78 Å².